The number of carbonyl (C=O) groups excluding carboxylic acids is 3. The summed E-state index contributed by atoms with van der Waals surface area (Å²) in [6.45, 7) is 5.20. The fraction of sp³-hybridized carbons (Fsp3) is 0.667. The second kappa shape index (κ2) is 8.00. The van der Waals surface area contributed by atoms with Crippen LogP contribution in [0, 0.1) is 5.41 Å². The molecule has 7 nitrogen and oxygen atoms in total. The Hall–Kier alpha value is -1.29. The zero-order valence-corrected chi connectivity index (χ0v) is 19.5. The molecule has 0 saturated heterocycles. The van der Waals surface area contributed by atoms with E-state index in [-0.39, 0.29) is 17.5 Å². The Morgan fingerprint density at radius 3 is 2.20 bits per heavy atom. The van der Waals surface area contributed by atoms with Crippen LogP contribution in [0.5, 0.6) is 0 Å². The molecule has 3 atom stereocenters. The Balaban J connectivity index is 2.06. The predicted octanol–water partition coefficient (Wildman–Crippen LogP) is 1.66. The number of Topliss-reactive ketones (excluding diaryl/α,β-unsaturated/α-hetero) is 1. The smallest absolute Gasteiger partial charge is 0.315 e. The zero-order chi connectivity index (χ0) is 22.5. The minimum absolute atomic E-state index is 0.0315. The topological polar surface area (TPSA) is 110 Å². The minimum Gasteiger partial charge on any atom is -0.468 e. The van der Waals surface area contributed by atoms with Gasteiger partial charge in [-0.2, -0.15) is 0 Å². The lowest BCUT2D eigenvalue weighted by Gasteiger charge is -2.47. The molecule has 30 heavy (non-hydrogen) atoms. The number of carbonyl (C=O) groups is 3. The van der Waals surface area contributed by atoms with Crippen molar-refractivity contribution in [2.24, 2.45) is 5.41 Å². The Bertz CT molecular complexity index is 853. The van der Waals surface area contributed by atoms with Gasteiger partial charge >= 0.3 is 11.9 Å². The molecule has 0 amide bonds. The average Bonchev–Trinajstić information content (AvgIpc) is 3.49. The molecule has 0 aromatic carbocycles. The van der Waals surface area contributed by atoms with Gasteiger partial charge in [0.05, 0.1) is 31.0 Å². The fourth-order valence-corrected chi connectivity index (χ4v) is 7.13. The van der Waals surface area contributed by atoms with Gasteiger partial charge in [0.1, 0.15) is 5.60 Å². The van der Waals surface area contributed by atoms with E-state index in [0.717, 1.165) is 28.5 Å². The Kier molecular flexibility index (Phi) is 6.23. The molecule has 2 N–H and O–H groups in total. The number of thioether (sulfide) groups is 2. The van der Waals surface area contributed by atoms with Crippen molar-refractivity contribution < 1.29 is 34.1 Å². The summed E-state index contributed by atoms with van der Waals surface area (Å²) in [7, 11) is 2.61. The summed E-state index contributed by atoms with van der Waals surface area (Å²) >= 11 is 2.48. The van der Waals surface area contributed by atoms with E-state index in [0.29, 0.717) is 24.2 Å². The molecule has 0 aliphatic heterocycles. The van der Waals surface area contributed by atoms with Crippen LogP contribution in [0.4, 0.5) is 0 Å². The number of hydrogen-bond donors (Lipinski definition) is 2. The molecule has 0 aromatic rings. The molecular formula is C21H28O7S2. The maximum Gasteiger partial charge on any atom is 0.315 e. The number of ether oxygens (including phenoxy) is 2. The van der Waals surface area contributed by atoms with E-state index in [1.165, 1.54) is 32.9 Å². The van der Waals surface area contributed by atoms with E-state index in [9.17, 15) is 24.6 Å². The van der Waals surface area contributed by atoms with Gasteiger partial charge in [0.2, 0.25) is 5.78 Å². The number of fused-ring (bicyclic) bond motifs is 1. The molecule has 9 heteroatoms. The standard InChI is InChI=1S/C21H28O7S2/c1-11-13(8-29-9-14(22)27-4)16-12(2)20(6-7-20)19(3,25)18(24)21(16,26)17(11)30-10-15(23)28-5/h17,25-26H,6-10H2,1-5H3/t17?,19-,21?/m0/s1. The number of esters is 2. The van der Waals surface area contributed by atoms with E-state index in [4.69, 9.17) is 9.47 Å². The van der Waals surface area contributed by atoms with Gasteiger partial charge in [-0.25, -0.2) is 0 Å². The van der Waals surface area contributed by atoms with Crippen molar-refractivity contribution in [1.29, 1.82) is 0 Å². The van der Waals surface area contributed by atoms with Crippen molar-refractivity contribution in [2.75, 3.05) is 31.5 Å². The number of aliphatic hydroxyl groups is 2. The molecule has 166 valence electrons. The lowest BCUT2D eigenvalue weighted by atomic mass is 9.63. The first-order valence-electron chi connectivity index (χ1n) is 9.73. The molecule has 0 radical (unpaired) electrons. The molecule has 2 unspecified atom stereocenters. The van der Waals surface area contributed by atoms with Crippen molar-refractivity contribution >= 4 is 41.2 Å². The molecule has 0 heterocycles. The molecular weight excluding hydrogens is 428 g/mol. The first kappa shape index (κ1) is 23.4. The second-order valence-electron chi connectivity index (χ2n) is 8.25. The Morgan fingerprint density at radius 1 is 1.10 bits per heavy atom. The van der Waals surface area contributed by atoms with Crippen LogP contribution in [0.1, 0.15) is 33.6 Å². The summed E-state index contributed by atoms with van der Waals surface area (Å²) in [5.41, 5.74) is -1.31. The molecule has 3 aliphatic carbocycles. The lowest BCUT2D eigenvalue weighted by Crippen LogP contribution is -2.63. The highest BCUT2D eigenvalue weighted by atomic mass is 32.2. The van der Waals surface area contributed by atoms with E-state index in [1.54, 1.807) is 0 Å². The SMILES string of the molecule is COC(=O)CSCC1=C(C)C(SCC(=O)OC)C2(O)C(=O)[C@](C)(O)C3(CC3)C(C)=C12. The number of rotatable bonds is 7. The molecule has 1 saturated carbocycles. The summed E-state index contributed by atoms with van der Waals surface area (Å²) in [4.78, 5) is 36.8. The summed E-state index contributed by atoms with van der Waals surface area (Å²) < 4.78 is 9.41. The maximum absolute atomic E-state index is 13.5. The molecule has 0 aromatic heterocycles. The number of methoxy groups -OCH3 is 2. The van der Waals surface area contributed by atoms with E-state index in [2.05, 4.69) is 0 Å². The monoisotopic (exact) mass is 456 g/mol. The highest BCUT2D eigenvalue weighted by Crippen LogP contribution is 2.67. The predicted molar refractivity (Wildman–Crippen MR) is 115 cm³/mol. The molecule has 3 aliphatic rings. The van der Waals surface area contributed by atoms with Gasteiger partial charge in [-0.15, -0.1) is 23.5 Å². The number of ketones is 1. The minimum atomic E-state index is -1.93. The van der Waals surface area contributed by atoms with Gasteiger partial charge in [0, 0.05) is 11.2 Å². The van der Waals surface area contributed by atoms with Crippen molar-refractivity contribution in [3.63, 3.8) is 0 Å². The summed E-state index contributed by atoms with van der Waals surface area (Å²) in [5, 5.41) is 22.3. The quantitative estimate of drug-likeness (QED) is 0.553. The van der Waals surface area contributed by atoms with Gasteiger partial charge < -0.3 is 19.7 Å². The second-order valence-corrected chi connectivity index (χ2v) is 10.3. The first-order valence-corrected chi connectivity index (χ1v) is 11.9. The van der Waals surface area contributed by atoms with Crippen LogP contribution < -0.4 is 0 Å². The lowest BCUT2D eigenvalue weighted by molar-refractivity contribution is -0.159. The fourth-order valence-electron chi connectivity index (χ4n) is 4.89. The third kappa shape index (κ3) is 3.25. The third-order valence-corrected chi connectivity index (χ3v) is 9.15. The van der Waals surface area contributed by atoms with Gasteiger partial charge in [-0.05, 0) is 44.8 Å². The largest absolute Gasteiger partial charge is 0.468 e. The van der Waals surface area contributed by atoms with Crippen LogP contribution >= 0.6 is 23.5 Å². The highest BCUT2D eigenvalue weighted by Gasteiger charge is 2.72. The van der Waals surface area contributed by atoms with Crippen LogP contribution in [0.3, 0.4) is 0 Å². The van der Waals surface area contributed by atoms with Crippen LogP contribution in [-0.2, 0) is 23.9 Å². The number of hydrogen-bond acceptors (Lipinski definition) is 9. The van der Waals surface area contributed by atoms with Crippen molar-refractivity contribution in [3.8, 4) is 0 Å². The Labute approximate surface area is 184 Å². The van der Waals surface area contributed by atoms with Crippen LogP contribution in [0.15, 0.2) is 22.3 Å². The normalized spacial score (nSPS) is 31.8. The van der Waals surface area contributed by atoms with Crippen molar-refractivity contribution in [1.82, 2.24) is 0 Å². The van der Waals surface area contributed by atoms with E-state index < -0.39 is 33.6 Å². The van der Waals surface area contributed by atoms with E-state index in [1.807, 2.05) is 13.8 Å². The zero-order valence-electron chi connectivity index (χ0n) is 17.9. The third-order valence-electron chi connectivity index (χ3n) is 6.78. The molecule has 1 spiro atoms. The first-order chi connectivity index (χ1) is 14.0. The maximum atomic E-state index is 13.5. The summed E-state index contributed by atoms with van der Waals surface area (Å²) in [5.74, 6) is -0.902. The van der Waals surface area contributed by atoms with Gasteiger partial charge in [-0.1, -0.05) is 11.1 Å². The average molecular weight is 457 g/mol. The van der Waals surface area contributed by atoms with E-state index >= 15 is 0 Å². The molecule has 1 fully saturated rings. The van der Waals surface area contributed by atoms with Crippen molar-refractivity contribution in [2.45, 2.75) is 50.1 Å². The summed E-state index contributed by atoms with van der Waals surface area (Å²) in [6.07, 6.45) is 1.36. The van der Waals surface area contributed by atoms with Crippen LogP contribution in [0.25, 0.3) is 0 Å². The van der Waals surface area contributed by atoms with Crippen molar-refractivity contribution in [3.05, 3.63) is 22.3 Å². The van der Waals surface area contributed by atoms with Gasteiger partial charge in [0.25, 0.3) is 0 Å². The van der Waals surface area contributed by atoms with Crippen LogP contribution in [0.2, 0.25) is 0 Å². The molecule has 3 rings (SSSR count). The Morgan fingerprint density at radius 2 is 1.67 bits per heavy atom. The highest BCUT2D eigenvalue weighted by molar-refractivity contribution is 8.01. The van der Waals surface area contributed by atoms with Gasteiger partial charge in [-0.3, -0.25) is 14.4 Å². The summed E-state index contributed by atoms with van der Waals surface area (Å²) in [6, 6.07) is 0. The van der Waals surface area contributed by atoms with Crippen LogP contribution in [-0.4, -0.2) is 75.9 Å². The van der Waals surface area contributed by atoms with Gasteiger partial charge in [0.15, 0.2) is 5.60 Å². The molecule has 0 bridgehead atoms.